The predicted octanol–water partition coefficient (Wildman–Crippen LogP) is 3.27. The van der Waals surface area contributed by atoms with Crippen LogP contribution in [0, 0.1) is 11.8 Å². The van der Waals surface area contributed by atoms with Crippen molar-refractivity contribution in [1.29, 1.82) is 0 Å². The van der Waals surface area contributed by atoms with Crippen LogP contribution in [0.5, 0.6) is 5.75 Å². The van der Waals surface area contributed by atoms with Crippen molar-refractivity contribution in [2.24, 2.45) is 0 Å². The Morgan fingerprint density at radius 2 is 1.88 bits per heavy atom. The lowest BCUT2D eigenvalue weighted by Crippen LogP contribution is -2.00. The number of methoxy groups -OCH3 is 1. The molecule has 5 nitrogen and oxygen atoms in total. The van der Waals surface area contributed by atoms with Crippen molar-refractivity contribution in [3.05, 3.63) is 57.6 Å². The van der Waals surface area contributed by atoms with Gasteiger partial charge in [0.05, 0.1) is 34.6 Å². The molecule has 0 unspecified atom stereocenters. The van der Waals surface area contributed by atoms with Gasteiger partial charge in [0.1, 0.15) is 12.4 Å². The summed E-state index contributed by atoms with van der Waals surface area (Å²) in [5, 5.41) is 19.9. The number of ether oxygens (including phenoxy) is 1. The summed E-state index contributed by atoms with van der Waals surface area (Å²) >= 11 is 12.4. The van der Waals surface area contributed by atoms with Crippen LogP contribution in [-0.2, 0) is 6.42 Å². The maximum absolute atomic E-state index is 9.00. The summed E-state index contributed by atoms with van der Waals surface area (Å²) in [6.45, 7) is -0.243. The van der Waals surface area contributed by atoms with Gasteiger partial charge in [0.25, 0.3) is 0 Å². The first-order valence-electron chi connectivity index (χ1n) is 7.34. The molecule has 3 aromatic rings. The summed E-state index contributed by atoms with van der Waals surface area (Å²) in [6.07, 6.45) is 5.12. The standard InChI is InChI=1S/C18H13Cl2N3O2/c1-25-18-5-4-11-14(12(18)3-2-6-24)8-22-23-17(11)7-13-15(19)9-21-10-16(13)20/h4-5,8-10,24H,6-7H2,1H3. The lowest BCUT2D eigenvalue weighted by Gasteiger charge is -2.11. The van der Waals surface area contributed by atoms with Gasteiger partial charge in [0, 0.05) is 29.6 Å². The summed E-state index contributed by atoms with van der Waals surface area (Å²) in [7, 11) is 1.57. The first-order chi connectivity index (χ1) is 12.2. The topological polar surface area (TPSA) is 68.1 Å². The monoisotopic (exact) mass is 373 g/mol. The van der Waals surface area contributed by atoms with E-state index < -0.39 is 0 Å². The van der Waals surface area contributed by atoms with Crippen LogP contribution in [0.3, 0.4) is 0 Å². The van der Waals surface area contributed by atoms with Crippen molar-refractivity contribution in [3.8, 4) is 17.6 Å². The van der Waals surface area contributed by atoms with Crippen LogP contribution >= 0.6 is 23.2 Å². The van der Waals surface area contributed by atoms with E-state index in [0.29, 0.717) is 33.5 Å². The fourth-order valence-corrected chi connectivity index (χ4v) is 3.03. The highest BCUT2D eigenvalue weighted by Gasteiger charge is 2.14. The van der Waals surface area contributed by atoms with Crippen molar-refractivity contribution in [1.82, 2.24) is 15.2 Å². The molecule has 25 heavy (non-hydrogen) atoms. The minimum absolute atomic E-state index is 0.243. The Balaban J connectivity index is 2.18. The Morgan fingerprint density at radius 1 is 1.12 bits per heavy atom. The summed E-state index contributed by atoms with van der Waals surface area (Å²) < 4.78 is 5.36. The van der Waals surface area contributed by atoms with Crippen molar-refractivity contribution in [2.45, 2.75) is 6.42 Å². The van der Waals surface area contributed by atoms with E-state index in [4.69, 9.17) is 33.0 Å². The highest BCUT2D eigenvalue weighted by atomic mass is 35.5. The Bertz CT molecular complexity index is 977. The van der Waals surface area contributed by atoms with E-state index in [1.807, 2.05) is 12.1 Å². The first-order valence-corrected chi connectivity index (χ1v) is 8.10. The van der Waals surface area contributed by atoms with Gasteiger partial charge in [0.15, 0.2) is 0 Å². The van der Waals surface area contributed by atoms with Crippen molar-refractivity contribution in [3.63, 3.8) is 0 Å². The molecule has 0 radical (unpaired) electrons. The zero-order valence-corrected chi connectivity index (χ0v) is 14.8. The molecule has 0 saturated heterocycles. The number of pyridine rings is 1. The van der Waals surface area contributed by atoms with Crippen molar-refractivity contribution < 1.29 is 9.84 Å². The van der Waals surface area contributed by atoms with Gasteiger partial charge in [-0.05, 0) is 17.7 Å². The molecule has 1 aromatic carbocycles. The number of hydrogen-bond acceptors (Lipinski definition) is 5. The van der Waals surface area contributed by atoms with Gasteiger partial charge in [-0.15, -0.1) is 0 Å². The minimum Gasteiger partial charge on any atom is -0.495 e. The van der Waals surface area contributed by atoms with E-state index >= 15 is 0 Å². The molecule has 0 atom stereocenters. The van der Waals surface area contributed by atoms with Crippen LogP contribution in [0.25, 0.3) is 10.8 Å². The zero-order valence-electron chi connectivity index (χ0n) is 13.3. The second-order valence-corrected chi connectivity index (χ2v) is 5.93. The van der Waals surface area contributed by atoms with Crippen molar-refractivity contribution >= 4 is 34.0 Å². The molecule has 0 amide bonds. The number of rotatable bonds is 3. The third-order valence-corrected chi connectivity index (χ3v) is 4.34. The second kappa shape index (κ2) is 7.66. The van der Waals surface area contributed by atoms with E-state index in [9.17, 15) is 0 Å². The molecule has 0 saturated carbocycles. The van der Waals surface area contributed by atoms with Crippen LogP contribution in [-0.4, -0.2) is 34.0 Å². The number of nitrogens with zero attached hydrogens (tertiary/aromatic N) is 3. The van der Waals surface area contributed by atoms with E-state index in [2.05, 4.69) is 27.0 Å². The zero-order chi connectivity index (χ0) is 17.8. The fraction of sp³-hybridized carbons (Fsp3) is 0.167. The summed E-state index contributed by atoms with van der Waals surface area (Å²) in [4.78, 5) is 3.96. The Labute approximate surface area is 154 Å². The Hall–Kier alpha value is -2.39. The average molecular weight is 374 g/mol. The van der Waals surface area contributed by atoms with Gasteiger partial charge >= 0.3 is 0 Å². The highest BCUT2D eigenvalue weighted by molar-refractivity contribution is 6.35. The molecule has 0 bridgehead atoms. The minimum atomic E-state index is -0.243. The number of halogens is 2. The van der Waals surface area contributed by atoms with Crippen LogP contribution in [0.4, 0.5) is 0 Å². The predicted molar refractivity (Wildman–Crippen MR) is 97.1 cm³/mol. The number of aromatic nitrogens is 3. The Morgan fingerprint density at radius 3 is 2.56 bits per heavy atom. The molecule has 0 fully saturated rings. The molecule has 2 heterocycles. The van der Waals surface area contributed by atoms with E-state index in [-0.39, 0.29) is 6.61 Å². The maximum atomic E-state index is 9.00. The third kappa shape index (κ3) is 3.52. The largest absolute Gasteiger partial charge is 0.495 e. The van der Waals surface area contributed by atoms with Gasteiger partial charge in [-0.3, -0.25) is 4.98 Å². The smallest absolute Gasteiger partial charge is 0.135 e. The molecule has 126 valence electrons. The van der Waals surface area contributed by atoms with E-state index in [1.165, 1.54) is 0 Å². The SMILES string of the molecule is COc1ccc2c(Cc3c(Cl)cncc3Cl)nncc2c1C#CCO. The van der Waals surface area contributed by atoms with Crippen LogP contribution < -0.4 is 4.74 Å². The molecule has 0 aliphatic heterocycles. The molecule has 0 aliphatic carbocycles. The number of aliphatic hydroxyl groups is 1. The van der Waals surface area contributed by atoms with Gasteiger partial charge in [-0.25, -0.2) is 0 Å². The quantitative estimate of drug-likeness (QED) is 0.713. The van der Waals surface area contributed by atoms with Gasteiger partial charge in [0.2, 0.25) is 0 Å². The van der Waals surface area contributed by atoms with Crippen LogP contribution in [0.2, 0.25) is 10.0 Å². The molecular formula is C18H13Cl2N3O2. The van der Waals surface area contributed by atoms with Crippen LogP contribution in [0.1, 0.15) is 16.8 Å². The molecular weight excluding hydrogens is 361 g/mol. The summed E-state index contributed by atoms with van der Waals surface area (Å²) in [5.41, 5.74) is 2.10. The van der Waals surface area contributed by atoms with Crippen molar-refractivity contribution in [2.75, 3.05) is 13.7 Å². The van der Waals surface area contributed by atoms with Gasteiger partial charge in [-0.2, -0.15) is 10.2 Å². The lowest BCUT2D eigenvalue weighted by molar-refractivity contribution is 0.350. The number of hydrogen-bond donors (Lipinski definition) is 1. The summed E-state index contributed by atoms with van der Waals surface area (Å²) in [5.74, 6) is 6.17. The summed E-state index contributed by atoms with van der Waals surface area (Å²) in [6, 6.07) is 3.70. The molecule has 7 heteroatoms. The molecule has 2 aromatic heterocycles. The normalized spacial score (nSPS) is 10.4. The number of aliphatic hydroxyl groups excluding tert-OH is 1. The highest BCUT2D eigenvalue weighted by Crippen LogP contribution is 2.31. The third-order valence-electron chi connectivity index (χ3n) is 3.69. The maximum Gasteiger partial charge on any atom is 0.135 e. The first kappa shape index (κ1) is 17.4. The lowest BCUT2D eigenvalue weighted by atomic mass is 10.0. The van der Waals surface area contributed by atoms with Gasteiger partial charge < -0.3 is 9.84 Å². The average Bonchev–Trinajstić information content (AvgIpc) is 2.62. The second-order valence-electron chi connectivity index (χ2n) is 5.11. The molecule has 0 spiro atoms. The van der Waals surface area contributed by atoms with Crippen LogP contribution in [0.15, 0.2) is 30.7 Å². The Kier molecular flexibility index (Phi) is 5.34. The van der Waals surface area contributed by atoms with Gasteiger partial charge in [-0.1, -0.05) is 35.0 Å². The molecule has 0 aliphatic rings. The van der Waals surface area contributed by atoms with E-state index in [0.717, 1.165) is 16.3 Å². The molecule has 1 N–H and O–H groups in total. The number of fused-ring (bicyclic) bond motifs is 1. The number of benzene rings is 1. The van der Waals surface area contributed by atoms with E-state index in [1.54, 1.807) is 25.7 Å². The fourth-order valence-electron chi connectivity index (χ4n) is 2.53. The molecule has 3 rings (SSSR count).